The molecule has 0 aliphatic rings. The zero-order valence-electron chi connectivity index (χ0n) is 19.6. The lowest BCUT2D eigenvalue weighted by atomic mass is 9.97. The predicted molar refractivity (Wildman–Crippen MR) is 116 cm³/mol. The number of carbonyl (C=O) groups excluding carboxylic acids is 4. The van der Waals surface area contributed by atoms with Crippen molar-refractivity contribution < 1.29 is 38.1 Å². The summed E-state index contributed by atoms with van der Waals surface area (Å²) in [6, 6.07) is 3.59. The highest BCUT2D eigenvalue weighted by molar-refractivity contribution is 5.77. The number of hydrogen-bond acceptors (Lipinski definition) is 9. The molecule has 0 fully saturated rings. The van der Waals surface area contributed by atoms with Crippen LogP contribution in [0, 0.1) is 5.41 Å². The van der Waals surface area contributed by atoms with Crippen molar-refractivity contribution in [1.29, 1.82) is 0 Å². The minimum Gasteiger partial charge on any atom is -0.461 e. The largest absolute Gasteiger partial charge is 0.461 e. The Labute approximate surface area is 188 Å². The summed E-state index contributed by atoms with van der Waals surface area (Å²) in [5.74, 6) is -1.88. The van der Waals surface area contributed by atoms with Crippen LogP contribution >= 0.6 is 0 Å². The smallest absolute Gasteiger partial charge is 0.323 e. The first-order chi connectivity index (χ1) is 14.9. The van der Waals surface area contributed by atoms with Gasteiger partial charge in [-0.3, -0.25) is 19.2 Å². The average molecular weight is 452 g/mol. The van der Waals surface area contributed by atoms with Crippen LogP contribution in [-0.2, 0) is 35.1 Å². The van der Waals surface area contributed by atoms with Crippen LogP contribution in [0.25, 0.3) is 0 Å². The van der Waals surface area contributed by atoms with Crippen LogP contribution < -0.4 is 15.2 Å². The van der Waals surface area contributed by atoms with Gasteiger partial charge in [-0.1, -0.05) is 19.9 Å². The second kappa shape index (κ2) is 12.2. The van der Waals surface area contributed by atoms with Gasteiger partial charge in [0.1, 0.15) is 18.8 Å². The summed E-state index contributed by atoms with van der Waals surface area (Å²) in [5.41, 5.74) is 5.87. The van der Waals surface area contributed by atoms with Crippen molar-refractivity contribution >= 4 is 23.9 Å². The average Bonchev–Trinajstić information content (AvgIpc) is 2.72. The van der Waals surface area contributed by atoms with Gasteiger partial charge in [0.2, 0.25) is 0 Å². The molecule has 9 nitrogen and oxygen atoms in total. The van der Waals surface area contributed by atoms with Crippen LogP contribution in [0.1, 0.15) is 59.9 Å². The Balaban J connectivity index is 2.77. The van der Waals surface area contributed by atoms with Crippen molar-refractivity contribution in [1.82, 2.24) is 0 Å². The molecule has 0 aromatic heterocycles. The van der Waals surface area contributed by atoms with Gasteiger partial charge in [-0.15, -0.1) is 0 Å². The number of hydrogen-bond donors (Lipinski definition) is 1. The molecule has 0 spiro atoms. The minimum atomic E-state index is -1.00. The number of ether oxygens (including phenoxy) is 4. The quantitative estimate of drug-likeness (QED) is 0.421. The van der Waals surface area contributed by atoms with Gasteiger partial charge in [0.25, 0.3) is 0 Å². The van der Waals surface area contributed by atoms with Gasteiger partial charge in [0.15, 0.2) is 11.5 Å². The fourth-order valence-corrected chi connectivity index (χ4v) is 2.27. The summed E-state index contributed by atoms with van der Waals surface area (Å²) in [5, 5.41) is 0. The monoisotopic (exact) mass is 451 g/mol. The van der Waals surface area contributed by atoms with E-state index in [1.807, 2.05) is 0 Å². The van der Waals surface area contributed by atoms with Crippen molar-refractivity contribution in [3.05, 3.63) is 23.8 Å². The topological polar surface area (TPSA) is 131 Å². The molecule has 2 atom stereocenters. The maximum Gasteiger partial charge on any atom is 0.323 e. The first-order valence-corrected chi connectivity index (χ1v) is 10.5. The standard InChI is InChI=1S/C23H33NO8/c1-7-19(25)31-17-10-9-15(12-18(17)32-20(26)8-2)11-16(24)21(27)29-13-14(3)30-22(28)23(4,5)6/h9-10,12,14,16H,7-8,11,13,24H2,1-6H3/t14-,16-/m0/s1. The van der Waals surface area contributed by atoms with E-state index in [1.165, 1.54) is 12.1 Å². The van der Waals surface area contributed by atoms with Crippen LogP contribution in [0.3, 0.4) is 0 Å². The van der Waals surface area contributed by atoms with E-state index in [2.05, 4.69) is 0 Å². The highest BCUT2D eigenvalue weighted by Crippen LogP contribution is 2.30. The fraction of sp³-hybridized carbons (Fsp3) is 0.565. The summed E-state index contributed by atoms with van der Waals surface area (Å²) in [6.45, 7) is 9.95. The number of nitrogens with two attached hydrogens (primary N) is 1. The van der Waals surface area contributed by atoms with E-state index in [9.17, 15) is 19.2 Å². The van der Waals surface area contributed by atoms with Crippen molar-refractivity contribution in [2.75, 3.05) is 6.61 Å². The molecule has 0 aliphatic carbocycles. The summed E-state index contributed by atoms with van der Waals surface area (Å²) >= 11 is 0. The van der Waals surface area contributed by atoms with Crippen LogP contribution in [-0.4, -0.2) is 42.6 Å². The molecule has 0 saturated heterocycles. The van der Waals surface area contributed by atoms with E-state index in [-0.39, 0.29) is 37.4 Å². The Morgan fingerprint density at radius 1 is 0.969 bits per heavy atom. The first-order valence-electron chi connectivity index (χ1n) is 10.5. The summed E-state index contributed by atoms with van der Waals surface area (Å²) in [7, 11) is 0. The molecular formula is C23H33NO8. The van der Waals surface area contributed by atoms with Gasteiger partial charge < -0.3 is 24.7 Å². The summed E-state index contributed by atoms with van der Waals surface area (Å²) in [4.78, 5) is 47.5. The highest BCUT2D eigenvalue weighted by atomic mass is 16.6. The SMILES string of the molecule is CCC(=O)Oc1ccc(C[C@H](N)C(=O)OC[C@H](C)OC(=O)C(C)(C)C)cc1OC(=O)CC. The fourth-order valence-electron chi connectivity index (χ4n) is 2.27. The Hall–Kier alpha value is -2.94. The molecule has 0 unspecified atom stereocenters. The molecular weight excluding hydrogens is 418 g/mol. The molecule has 9 heteroatoms. The van der Waals surface area contributed by atoms with E-state index in [0.29, 0.717) is 5.56 Å². The first kappa shape index (κ1) is 27.1. The molecule has 1 aromatic carbocycles. The van der Waals surface area contributed by atoms with E-state index < -0.39 is 41.4 Å². The third-order valence-electron chi connectivity index (χ3n) is 4.17. The van der Waals surface area contributed by atoms with Crippen LogP contribution in [0.4, 0.5) is 0 Å². The molecule has 0 aliphatic heterocycles. The number of benzene rings is 1. The highest BCUT2D eigenvalue weighted by Gasteiger charge is 2.26. The number of esters is 4. The molecule has 0 amide bonds. The molecule has 1 aromatic rings. The van der Waals surface area contributed by atoms with E-state index in [4.69, 9.17) is 24.7 Å². The zero-order valence-corrected chi connectivity index (χ0v) is 19.6. The third-order valence-corrected chi connectivity index (χ3v) is 4.17. The molecule has 178 valence electrons. The molecule has 0 saturated carbocycles. The summed E-state index contributed by atoms with van der Waals surface area (Å²) in [6.07, 6.45) is -0.239. The Morgan fingerprint density at radius 2 is 1.53 bits per heavy atom. The second-order valence-electron chi connectivity index (χ2n) is 8.34. The Kier molecular flexibility index (Phi) is 10.3. The van der Waals surface area contributed by atoms with Crippen molar-refractivity contribution in [2.24, 2.45) is 11.1 Å². The molecule has 0 radical (unpaired) electrons. The van der Waals surface area contributed by atoms with Gasteiger partial charge >= 0.3 is 23.9 Å². The normalized spacial score (nSPS) is 13.0. The zero-order chi connectivity index (χ0) is 24.5. The minimum absolute atomic E-state index is 0.0689. The molecule has 2 N–H and O–H groups in total. The summed E-state index contributed by atoms with van der Waals surface area (Å²) < 4.78 is 20.8. The maximum atomic E-state index is 12.3. The van der Waals surface area contributed by atoms with Crippen LogP contribution in [0.5, 0.6) is 11.5 Å². The molecule has 1 rings (SSSR count). The second-order valence-corrected chi connectivity index (χ2v) is 8.34. The lowest BCUT2D eigenvalue weighted by Gasteiger charge is -2.21. The van der Waals surface area contributed by atoms with Crippen molar-refractivity contribution in [3.63, 3.8) is 0 Å². The number of carbonyl (C=O) groups is 4. The third kappa shape index (κ3) is 9.05. The van der Waals surface area contributed by atoms with Gasteiger partial charge in [0.05, 0.1) is 5.41 Å². The van der Waals surface area contributed by atoms with E-state index in [1.54, 1.807) is 47.6 Å². The lowest BCUT2D eigenvalue weighted by Crippen LogP contribution is -2.37. The molecule has 32 heavy (non-hydrogen) atoms. The molecule has 0 bridgehead atoms. The van der Waals surface area contributed by atoms with Gasteiger partial charge in [-0.05, 0) is 51.8 Å². The maximum absolute atomic E-state index is 12.3. The van der Waals surface area contributed by atoms with Gasteiger partial charge in [-0.2, -0.15) is 0 Å². The predicted octanol–water partition coefficient (Wildman–Crippen LogP) is 2.71. The van der Waals surface area contributed by atoms with E-state index >= 15 is 0 Å². The van der Waals surface area contributed by atoms with Crippen LogP contribution in [0.15, 0.2) is 18.2 Å². The van der Waals surface area contributed by atoms with Crippen molar-refractivity contribution in [3.8, 4) is 11.5 Å². The Bertz CT molecular complexity index is 828. The Morgan fingerprint density at radius 3 is 2.06 bits per heavy atom. The van der Waals surface area contributed by atoms with E-state index in [0.717, 1.165) is 0 Å². The van der Waals surface area contributed by atoms with Gasteiger partial charge in [-0.25, -0.2) is 0 Å². The number of rotatable bonds is 10. The lowest BCUT2D eigenvalue weighted by molar-refractivity contribution is -0.165. The van der Waals surface area contributed by atoms with Crippen LogP contribution in [0.2, 0.25) is 0 Å². The van der Waals surface area contributed by atoms with Crippen molar-refractivity contribution in [2.45, 2.75) is 73.0 Å². The van der Waals surface area contributed by atoms with Gasteiger partial charge in [0, 0.05) is 12.8 Å². The molecule has 0 heterocycles.